The highest BCUT2D eigenvalue weighted by molar-refractivity contribution is 6.40. The average Bonchev–Trinajstić information content (AvgIpc) is 1.62. The first kappa shape index (κ1) is 128. The van der Waals surface area contributed by atoms with Crippen LogP contribution in [0.15, 0.2) is 91.0 Å². The van der Waals surface area contributed by atoms with Gasteiger partial charge in [0.2, 0.25) is 88.2 Å². The summed E-state index contributed by atoms with van der Waals surface area (Å²) < 4.78 is 15.9. The molecule has 3 aromatic carbocycles. The lowest BCUT2D eigenvalue weighted by atomic mass is 9.85. The summed E-state index contributed by atoms with van der Waals surface area (Å²) in [4.78, 5) is 285. The van der Waals surface area contributed by atoms with Crippen LogP contribution in [0, 0.1) is 38.9 Å². The van der Waals surface area contributed by atoms with Crippen molar-refractivity contribution in [3.63, 3.8) is 0 Å². The molecule has 0 bridgehead atoms. The highest BCUT2D eigenvalue weighted by atomic mass is 16.6. The smallest absolute Gasteiger partial charge is 0.408 e. The Labute approximate surface area is 877 Å². The van der Waals surface area contributed by atoms with E-state index in [2.05, 4.69) is 63.8 Å². The molecule has 0 saturated carbocycles. The van der Waals surface area contributed by atoms with Gasteiger partial charge in [0.15, 0.2) is 0 Å². The summed E-state index contributed by atoms with van der Waals surface area (Å²) in [5, 5.41) is 30.8. The third-order valence-corrected chi connectivity index (χ3v) is 24.9. The van der Waals surface area contributed by atoms with Crippen molar-refractivity contribution in [1.82, 2.24) is 93.2 Å². The number of hydrogen-bond donors (Lipinski definition) is 12. The monoisotopic (exact) mass is 2090 g/mol. The summed E-state index contributed by atoms with van der Waals surface area (Å²) in [7, 11) is 9.33. The molecule has 3 aromatic rings. The SMILES string of the molecule is CC(C)C[C@H](NC(=O)[C@@H]1CC(C)(C)CN1C(=O)[C@@H](NC(=O)OC(C)C)C(C)(C)C)C(=O)C(=O)NCC(=O)N[C@H](C(=O)N(C)C)c1ccccc1.CCCC(NC(=O)[C@@H]1CC(C)(C)CN1C(=O)[C@@H](NC(=O)O[C@H](C)C(C)C)C(C)(C)C)C(=O)C(=O)NCC(=O)N[C@H](C(=O)N(C)C)c1ccccc1.CCCC(NC(=O)[C@@H]1CCC(C)N1C(=O)[C@@H](NC(=O)OC(C)C)C(C)(C)C)C(=O)C(=O)NCC(=O)N[C@H](C(=O)N(C)C)c1ccccc1. The number of rotatable bonds is 43. The molecule has 12 N–H and O–H groups in total. The molecule has 42 heteroatoms. The lowest BCUT2D eigenvalue weighted by Crippen LogP contribution is -2.60. The molecule has 14 atom stereocenters. The standard InChI is InChI=1S/C37H58N6O8.C36H56N6O8.C34H52N6O8/c1-12-16-25(29(45)32(47)38-20-27(44)40-28(33(48)42(10)11)24-17-14-13-15-18-24)39-31(46)26-19-37(8,9)21-43(26)34(49)30(36(5,6)7)41-35(50)51-23(4)22(2)3;1-21(2)17-24(28(44)31(46)37-19-26(43)39-27(32(47)41(10)11)23-15-13-12-14-16-23)38-30(45)25-18-36(8,9)20-42(25)33(48)29(35(5,6)7)40-34(49)50-22(3)4;1-10-14-23(27(42)30(44)35-19-25(41)37-26(31(45)39(8)9)22-15-12-11-13-16-22)36-29(43)24-18-17-21(4)40(24)32(46)28(34(5,6)7)38-33(47)48-20(2)3/h13-15,17-18,22-23,25-26,28,30H,12,16,19-21H2,1-11H3,(H,38,47)(H,39,46)(H,40,44)(H,41,50);12-16,21-22,24-25,27,29H,17-20H2,1-11H3,(H,37,46)(H,38,45)(H,39,43)(H,40,49);11-13,15-16,20-21,23-24,26,28H,10,14,17-19H2,1-9H3,(H,35,44)(H,36,43)(H,37,41)(H,38,47)/t23-,25?,26+,28+,30-;24-,25-,27-,29+;21?,23?,24-,26-,28+/m100/s1. The molecule has 3 heterocycles. The van der Waals surface area contributed by atoms with Crippen molar-refractivity contribution in [1.29, 1.82) is 0 Å². The van der Waals surface area contributed by atoms with E-state index < -0.39 is 238 Å². The van der Waals surface area contributed by atoms with Crippen molar-refractivity contribution in [2.24, 2.45) is 38.9 Å². The molecule has 828 valence electrons. The van der Waals surface area contributed by atoms with Crippen molar-refractivity contribution in [3.8, 4) is 0 Å². The van der Waals surface area contributed by atoms with Gasteiger partial charge < -0.3 is 107 Å². The number of carbonyl (C=O) groups is 21. The molecular weight excluding hydrogens is 1920 g/mol. The number of carbonyl (C=O) groups excluding carboxylic acids is 21. The Morgan fingerprint density at radius 2 is 0.658 bits per heavy atom. The van der Waals surface area contributed by atoms with Gasteiger partial charge in [-0.2, -0.15) is 0 Å². The Balaban J connectivity index is 0.000000465. The fourth-order valence-corrected chi connectivity index (χ4v) is 16.7. The molecule has 18 amide bonds. The summed E-state index contributed by atoms with van der Waals surface area (Å²) in [5.41, 5.74) is -1.48. The first-order chi connectivity index (χ1) is 69.0. The van der Waals surface area contributed by atoms with Crippen LogP contribution in [0.1, 0.15) is 266 Å². The van der Waals surface area contributed by atoms with Crippen molar-refractivity contribution in [3.05, 3.63) is 108 Å². The second kappa shape index (κ2) is 57.3. The molecule has 3 fully saturated rings. The number of amides is 18. The molecule has 0 radical (unpaired) electrons. The highest BCUT2D eigenvalue weighted by Crippen LogP contribution is 2.39. The van der Waals surface area contributed by atoms with Gasteiger partial charge in [0.05, 0.1) is 50.0 Å². The van der Waals surface area contributed by atoms with Crippen molar-refractivity contribution < 1.29 is 115 Å². The minimum atomic E-state index is -1.24. The third-order valence-electron chi connectivity index (χ3n) is 24.9. The summed E-state index contributed by atoms with van der Waals surface area (Å²) in [6.07, 6.45) is -0.754. The predicted molar refractivity (Wildman–Crippen MR) is 557 cm³/mol. The number of ketones is 3. The number of ether oxygens (including phenoxy) is 3. The number of benzene rings is 3. The fourth-order valence-electron chi connectivity index (χ4n) is 16.7. The summed E-state index contributed by atoms with van der Waals surface area (Å²) in [5.74, 6) is -12.6. The number of alkyl carbamates (subject to hydrolysis) is 3. The molecule has 149 heavy (non-hydrogen) atoms. The van der Waals surface area contributed by atoms with Crippen LogP contribution in [0.3, 0.4) is 0 Å². The van der Waals surface area contributed by atoms with Crippen LogP contribution in [-0.2, 0) is 101 Å². The predicted octanol–water partition coefficient (Wildman–Crippen LogP) is 6.87. The Morgan fingerprint density at radius 3 is 0.933 bits per heavy atom. The Bertz CT molecular complexity index is 5140. The van der Waals surface area contributed by atoms with Gasteiger partial charge >= 0.3 is 18.3 Å². The zero-order chi connectivity index (χ0) is 113. The summed E-state index contributed by atoms with van der Waals surface area (Å²) in [6.45, 7) is 43.9. The highest BCUT2D eigenvalue weighted by Gasteiger charge is 2.52. The van der Waals surface area contributed by atoms with E-state index in [9.17, 15) is 101 Å². The van der Waals surface area contributed by atoms with E-state index in [4.69, 9.17) is 14.2 Å². The lowest BCUT2D eigenvalue weighted by Gasteiger charge is -2.37. The van der Waals surface area contributed by atoms with Crippen LogP contribution in [0.2, 0.25) is 0 Å². The number of likely N-dealkylation sites (tertiary alicyclic amines) is 3. The Hall–Kier alpha value is -13.5. The normalized spacial score (nSPS) is 17.6. The Morgan fingerprint density at radius 1 is 0.376 bits per heavy atom. The molecule has 3 unspecified atom stereocenters. The maximum atomic E-state index is 14.1. The molecule has 3 aliphatic heterocycles. The van der Waals surface area contributed by atoms with Gasteiger partial charge in [-0.05, 0) is 142 Å². The van der Waals surface area contributed by atoms with E-state index in [1.54, 1.807) is 251 Å². The van der Waals surface area contributed by atoms with E-state index >= 15 is 0 Å². The zero-order valence-corrected chi connectivity index (χ0v) is 92.9. The maximum Gasteiger partial charge on any atom is 0.408 e. The quantitative estimate of drug-likeness (QED) is 0.0203. The van der Waals surface area contributed by atoms with Crippen molar-refractivity contribution in [2.45, 2.75) is 328 Å². The van der Waals surface area contributed by atoms with Crippen LogP contribution < -0.4 is 63.8 Å². The van der Waals surface area contributed by atoms with E-state index in [1.807, 2.05) is 55.4 Å². The van der Waals surface area contributed by atoms with Gasteiger partial charge in [-0.15, -0.1) is 0 Å². The molecule has 3 aliphatic rings. The number of nitrogens with zero attached hydrogens (tertiary/aromatic N) is 6. The van der Waals surface area contributed by atoms with Gasteiger partial charge in [0.1, 0.15) is 60.5 Å². The molecule has 3 saturated heterocycles. The molecule has 6 rings (SSSR count). The van der Waals surface area contributed by atoms with Crippen LogP contribution in [0.25, 0.3) is 0 Å². The number of nitrogens with one attached hydrogen (secondary N) is 12. The molecule has 0 aliphatic carbocycles. The maximum absolute atomic E-state index is 14.1. The minimum absolute atomic E-state index is 0.0655. The largest absolute Gasteiger partial charge is 0.447 e. The van der Waals surface area contributed by atoms with Gasteiger partial charge in [-0.25, -0.2) is 14.4 Å². The molecule has 0 aromatic heterocycles. The first-order valence-electron chi connectivity index (χ1n) is 50.9. The van der Waals surface area contributed by atoms with Crippen LogP contribution in [-0.4, -0.2) is 307 Å². The zero-order valence-electron chi connectivity index (χ0n) is 92.9. The first-order valence-corrected chi connectivity index (χ1v) is 50.9. The second-order valence-electron chi connectivity index (χ2n) is 44.9. The molecule has 42 nitrogen and oxygen atoms in total. The molecule has 0 spiro atoms. The van der Waals surface area contributed by atoms with E-state index in [0.717, 1.165) is 0 Å². The topological polar surface area (TPSA) is 550 Å². The van der Waals surface area contributed by atoms with Gasteiger partial charge in [0.25, 0.3) is 17.7 Å². The number of hydrogen-bond acceptors (Lipinski definition) is 24. The van der Waals surface area contributed by atoms with Crippen LogP contribution in [0.4, 0.5) is 14.4 Å². The number of Topliss-reactive ketones (excluding diaryl/α,β-unsaturated/α-hetero) is 3. The number of likely N-dealkylation sites (N-methyl/N-ethyl adjacent to an activating group) is 3. The average molecular weight is 2090 g/mol. The van der Waals surface area contributed by atoms with Crippen molar-refractivity contribution >= 4 is 124 Å². The van der Waals surface area contributed by atoms with E-state index in [1.165, 1.54) is 29.4 Å². The van der Waals surface area contributed by atoms with Gasteiger partial charge in [0, 0.05) is 61.4 Å². The van der Waals surface area contributed by atoms with Crippen molar-refractivity contribution in [2.75, 3.05) is 75.0 Å². The Kier molecular flexibility index (Phi) is 49.2. The van der Waals surface area contributed by atoms with Gasteiger partial charge in [-0.1, -0.05) is 235 Å². The third kappa shape index (κ3) is 40.2. The summed E-state index contributed by atoms with van der Waals surface area (Å²) in [6, 6.07) is 12.9. The van der Waals surface area contributed by atoms with Gasteiger partial charge in [-0.3, -0.25) is 86.3 Å². The second-order valence-corrected chi connectivity index (χ2v) is 44.9. The van der Waals surface area contributed by atoms with Crippen LogP contribution in [0.5, 0.6) is 0 Å². The lowest BCUT2D eigenvalue weighted by molar-refractivity contribution is -0.145. The van der Waals surface area contributed by atoms with Crippen LogP contribution >= 0.6 is 0 Å². The van der Waals surface area contributed by atoms with E-state index in [-0.39, 0.29) is 86.9 Å². The summed E-state index contributed by atoms with van der Waals surface area (Å²) >= 11 is 0. The molecular formula is C107H166N18O24. The fraction of sp³-hybridized carbons (Fsp3) is 0.636. The minimum Gasteiger partial charge on any atom is -0.447 e. The van der Waals surface area contributed by atoms with E-state index in [0.29, 0.717) is 42.4 Å².